The van der Waals surface area contributed by atoms with Crippen LogP contribution in [0.5, 0.6) is 0 Å². The second-order valence-electron chi connectivity index (χ2n) is 12.0. The van der Waals surface area contributed by atoms with Gasteiger partial charge in [-0.15, -0.1) is 11.3 Å². The fraction of sp³-hybridized carbons (Fsp3) is 0.286. The Labute approximate surface area is 229 Å². The van der Waals surface area contributed by atoms with Gasteiger partial charge in [0.25, 0.3) is 0 Å². The minimum absolute atomic E-state index is 0.0144. The molecule has 6 rings (SSSR count). The van der Waals surface area contributed by atoms with E-state index >= 15 is 0 Å². The molecule has 0 spiro atoms. The van der Waals surface area contributed by atoms with E-state index in [4.69, 9.17) is 9.40 Å². The first kappa shape index (κ1) is 24.9. The topological polar surface area (TPSA) is 26.0 Å². The van der Waals surface area contributed by atoms with Crippen molar-refractivity contribution in [2.75, 3.05) is 0 Å². The quantitative estimate of drug-likeness (QED) is 0.232. The monoisotopic (exact) mass is 517 g/mol. The van der Waals surface area contributed by atoms with E-state index in [9.17, 15) is 0 Å². The SMILES string of the molecule is Cc1c(CC(C)C)sc2c(-c3oc4ccnc(-c5cc(C(C)(C)C)c6ccccc6c5)c4c3C)cccc12. The third-order valence-electron chi connectivity index (χ3n) is 7.68. The molecule has 0 aliphatic heterocycles. The average Bonchev–Trinajstić information content (AvgIpc) is 3.38. The van der Waals surface area contributed by atoms with E-state index in [1.165, 1.54) is 42.4 Å². The maximum atomic E-state index is 6.64. The highest BCUT2D eigenvalue weighted by Crippen LogP contribution is 2.44. The number of hydrogen-bond acceptors (Lipinski definition) is 3. The van der Waals surface area contributed by atoms with Gasteiger partial charge in [-0.25, -0.2) is 0 Å². The smallest absolute Gasteiger partial charge is 0.139 e. The van der Waals surface area contributed by atoms with Crippen molar-refractivity contribution in [1.82, 2.24) is 4.98 Å². The Morgan fingerprint density at radius 3 is 2.42 bits per heavy atom. The summed E-state index contributed by atoms with van der Waals surface area (Å²) in [6.07, 6.45) is 2.99. The third-order valence-corrected chi connectivity index (χ3v) is 9.05. The van der Waals surface area contributed by atoms with Crippen molar-refractivity contribution in [1.29, 1.82) is 0 Å². The lowest BCUT2D eigenvalue weighted by atomic mass is 9.82. The molecule has 0 aliphatic carbocycles. The van der Waals surface area contributed by atoms with Crippen molar-refractivity contribution in [3.8, 4) is 22.6 Å². The van der Waals surface area contributed by atoms with Gasteiger partial charge >= 0.3 is 0 Å². The van der Waals surface area contributed by atoms with Crippen molar-refractivity contribution >= 4 is 43.2 Å². The molecular formula is C35H35NOS. The number of furan rings is 1. The van der Waals surface area contributed by atoms with Crippen LogP contribution in [0.25, 0.3) is 54.4 Å². The maximum absolute atomic E-state index is 6.64. The number of benzene rings is 3. The summed E-state index contributed by atoms with van der Waals surface area (Å²) < 4.78 is 7.95. The van der Waals surface area contributed by atoms with Crippen LogP contribution in [0.15, 0.2) is 71.3 Å². The molecule has 0 saturated carbocycles. The van der Waals surface area contributed by atoms with E-state index in [-0.39, 0.29) is 5.41 Å². The summed E-state index contributed by atoms with van der Waals surface area (Å²) in [4.78, 5) is 6.41. The van der Waals surface area contributed by atoms with Crippen molar-refractivity contribution in [3.05, 3.63) is 88.4 Å². The van der Waals surface area contributed by atoms with Crippen LogP contribution in [0, 0.1) is 19.8 Å². The van der Waals surface area contributed by atoms with Gasteiger partial charge in [0.1, 0.15) is 11.3 Å². The predicted molar refractivity (Wildman–Crippen MR) is 164 cm³/mol. The van der Waals surface area contributed by atoms with E-state index in [1.807, 2.05) is 23.6 Å². The molecule has 6 aromatic rings. The van der Waals surface area contributed by atoms with Crippen molar-refractivity contribution in [2.24, 2.45) is 5.92 Å². The minimum Gasteiger partial charge on any atom is -0.456 e. The second kappa shape index (κ2) is 9.10. The number of fused-ring (bicyclic) bond motifs is 3. The summed E-state index contributed by atoms with van der Waals surface area (Å²) in [7, 11) is 0. The van der Waals surface area contributed by atoms with Crippen LogP contribution in [0.3, 0.4) is 0 Å². The number of aromatic nitrogens is 1. The Hall–Kier alpha value is -3.43. The van der Waals surface area contributed by atoms with Crippen LogP contribution >= 0.6 is 11.3 Å². The second-order valence-corrected chi connectivity index (χ2v) is 13.1. The molecular weight excluding hydrogens is 482 g/mol. The molecule has 3 aromatic heterocycles. The molecule has 0 aliphatic rings. The lowest BCUT2D eigenvalue weighted by Gasteiger charge is -2.22. The van der Waals surface area contributed by atoms with E-state index in [2.05, 4.69) is 103 Å². The summed E-state index contributed by atoms with van der Waals surface area (Å²) in [5.74, 6) is 1.58. The van der Waals surface area contributed by atoms with E-state index in [0.29, 0.717) is 5.92 Å². The molecule has 2 nitrogen and oxygen atoms in total. The molecule has 3 aromatic carbocycles. The lowest BCUT2D eigenvalue weighted by molar-refractivity contribution is 0.596. The Kier molecular flexibility index (Phi) is 5.96. The summed E-state index contributed by atoms with van der Waals surface area (Å²) in [5.41, 5.74) is 8.10. The van der Waals surface area contributed by atoms with Crippen LogP contribution in [-0.4, -0.2) is 4.98 Å². The molecule has 0 saturated heterocycles. The molecule has 192 valence electrons. The van der Waals surface area contributed by atoms with E-state index in [1.54, 1.807) is 0 Å². The predicted octanol–water partition coefficient (Wildman–Crippen LogP) is 10.6. The van der Waals surface area contributed by atoms with Crippen molar-refractivity contribution in [2.45, 2.75) is 60.3 Å². The molecule has 3 heterocycles. The van der Waals surface area contributed by atoms with Crippen LogP contribution in [0.4, 0.5) is 0 Å². The molecule has 0 atom stereocenters. The first-order chi connectivity index (χ1) is 18.1. The number of hydrogen-bond donors (Lipinski definition) is 0. The van der Waals surface area contributed by atoms with Gasteiger partial charge in [0, 0.05) is 32.5 Å². The van der Waals surface area contributed by atoms with Crippen LogP contribution in [-0.2, 0) is 11.8 Å². The highest BCUT2D eigenvalue weighted by molar-refractivity contribution is 7.19. The number of nitrogens with zero attached hydrogens (tertiary/aromatic N) is 1. The fourth-order valence-electron chi connectivity index (χ4n) is 5.77. The highest BCUT2D eigenvalue weighted by atomic mass is 32.1. The molecule has 0 fully saturated rings. The van der Waals surface area contributed by atoms with Gasteiger partial charge in [-0.2, -0.15) is 0 Å². The zero-order valence-corrected chi connectivity index (χ0v) is 24.2. The van der Waals surface area contributed by atoms with E-state index in [0.717, 1.165) is 40.0 Å². The maximum Gasteiger partial charge on any atom is 0.139 e. The molecule has 38 heavy (non-hydrogen) atoms. The fourth-order valence-corrected chi connectivity index (χ4v) is 7.30. The Bertz CT molecular complexity index is 1830. The molecule has 0 N–H and O–H groups in total. The van der Waals surface area contributed by atoms with Gasteiger partial charge in [0.2, 0.25) is 0 Å². The van der Waals surface area contributed by atoms with Gasteiger partial charge in [0.15, 0.2) is 0 Å². The number of pyridine rings is 1. The van der Waals surface area contributed by atoms with Crippen LogP contribution < -0.4 is 0 Å². The lowest BCUT2D eigenvalue weighted by Crippen LogP contribution is -2.12. The summed E-state index contributed by atoms with van der Waals surface area (Å²) in [5, 5.41) is 4.99. The Morgan fingerprint density at radius 1 is 0.895 bits per heavy atom. The minimum atomic E-state index is 0.0144. The highest BCUT2D eigenvalue weighted by Gasteiger charge is 2.23. The number of thiophene rings is 1. The molecule has 0 unspecified atom stereocenters. The van der Waals surface area contributed by atoms with Gasteiger partial charge < -0.3 is 4.42 Å². The first-order valence-electron chi connectivity index (χ1n) is 13.6. The average molecular weight is 518 g/mol. The number of rotatable bonds is 4. The number of aryl methyl sites for hydroxylation is 2. The Balaban J connectivity index is 1.59. The van der Waals surface area contributed by atoms with Crippen molar-refractivity contribution in [3.63, 3.8) is 0 Å². The first-order valence-corrected chi connectivity index (χ1v) is 14.4. The van der Waals surface area contributed by atoms with Crippen LogP contribution in [0.2, 0.25) is 0 Å². The zero-order valence-electron chi connectivity index (χ0n) is 23.4. The van der Waals surface area contributed by atoms with Gasteiger partial charge in [-0.05, 0) is 83.2 Å². The molecule has 0 amide bonds. The van der Waals surface area contributed by atoms with Gasteiger partial charge in [-0.1, -0.05) is 71.0 Å². The summed E-state index contributed by atoms with van der Waals surface area (Å²) >= 11 is 1.92. The molecule has 3 heteroatoms. The molecule has 0 bridgehead atoms. The van der Waals surface area contributed by atoms with Crippen LogP contribution in [0.1, 0.15) is 56.2 Å². The summed E-state index contributed by atoms with van der Waals surface area (Å²) in [6.45, 7) is 15.9. The van der Waals surface area contributed by atoms with Gasteiger partial charge in [-0.3, -0.25) is 4.98 Å². The Morgan fingerprint density at radius 2 is 1.66 bits per heavy atom. The normalized spacial score (nSPS) is 12.4. The third kappa shape index (κ3) is 4.05. The van der Waals surface area contributed by atoms with E-state index < -0.39 is 0 Å². The molecule has 0 radical (unpaired) electrons. The van der Waals surface area contributed by atoms with Crippen molar-refractivity contribution < 1.29 is 4.42 Å². The largest absolute Gasteiger partial charge is 0.456 e. The zero-order chi connectivity index (χ0) is 26.8. The van der Waals surface area contributed by atoms with Gasteiger partial charge in [0.05, 0.1) is 11.1 Å². The summed E-state index contributed by atoms with van der Waals surface area (Å²) in [6, 6.07) is 21.9. The standard InChI is InChI=1S/C35H35NOS/c1-20(2)17-30-21(3)25-13-10-14-27(34(25)38-30)33-22(4)31-29(37-33)15-16-36-32(31)24-18-23-11-8-9-12-26(23)28(19-24)35(5,6)7/h8-16,18-20H,17H2,1-7H3.